The Kier molecular flexibility index (Phi) is 3.04. The van der Waals surface area contributed by atoms with E-state index in [1.807, 2.05) is 6.92 Å². The summed E-state index contributed by atoms with van der Waals surface area (Å²) in [5.41, 5.74) is 0.334. The fourth-order valence-electron chi connectivity index (χ4n) is 1.31. The second-order valence-electron chi connectivity index (χ2n) is 3.43. The molecular formula is C11H12N4O2. The number of amides is 1. The van der Waals surface area contributed by atoms with E-state index in [-0.39, 0.29) is 11.6 Å². The van der Waals surface area contributed by atoms with E-state index in [2.05, 4.69) is 20.5 Å². The molecule has 0 unspecified atom stereocenters. The van der Waals surface area contributed by atoms with Gasteiger partial charge in [-0.05, 0) is 12.1 Å². The lowest BCUT2D eigenvalue weighted by molar-refractivity contribution is 0.101. The SMILES string of the molecule is CCc1nc(C(=O)Nc2ccccc2O)n[nH]1. The highest BCUT2D eigenvalue weighted by Crippen LogP contribution is 2.21. The summed E-state index contributed by atoms with van der Waals surface area (Å²) in [7, 11) is 0. The van der Waals surface area contributed by atoms with Crippen molar-refractivity contribution < 1.29 is 9.90 Å². The number of hydrogen-bond acceptors (Lipinski definition) is 4. The van der Waals surface area contributed by atoms with Gasteiger partial charge in [0.15, 0.2) is 0 Å². The predicted molar refractivity (Wildman–Crippen MR) is 61.8 cm³/mol. The molecule has 88 valence electrons. The normalized spacial score (nSPS) is 10.2. The van der Waals surface area contributed by atoms with Crippen LogP contribution in [-0.2, 0) is 6.42 Å². The van der Waals surface area contributed by atoms with Crippen LogP contribution in [0.1, 0.15) is 23.4 Å². The smallest absolute Gasteiger partial charge is 0.295 e. The van der Waals surface area contributed by atoms with Crippen molar-refractivity contribution in [1.29, 1.82) is 0 Å². The Morgan fingerprint density at radius 2 is 2.24 bits per heavy atom. The first-order valence-electron chi connectivity index (χ1n) is 5.21. The summed E-state index contributed by atoms with van der Waals surface area (Å²) < 4.78 is 0. The Bertz CT molecular complexity index is 536. The number of aromatic amines is 1. The van der Waals surface area contributed by atoms with Crippen molar-refractivity contribution in [3.63, 3.8) is 0 Å². The highest BCUT2D eigenvalue weighted by atomic mass is 16.3. The first kappa shape index (κ1) is 11.1. The number of aromatic nitrogens is 3. The highest BCUT2D eigenvalue weighted by molar-refractivity contribution is 6.02. The van der Waals surface area contributed by atoms with E-state index < -0.39 is 5.91 Å². The molecule has 0 fully saturated rings. The number of rotatable bonds is 3. The van der Waals surface area contributed by atoms with Crippen molar-refractivity contribution in [2.45, 2.75) is 13.3 Å². The maximum Gasteiger partial charge on any atom is 0.295 e. The van der Waals surface area contributed by atoms with Gasteiger partial charge in [0.1, 0.15) is 11.6 Å². The van der Waals surface area contributed by atoms with E-state index in [1.54, 1.807) is 18.2 Å². The van der Waals surface area contributed by atoms with Gasteiger partial charge in [0.05, 0.1) is 5.69 Å². The van der Waals surface area contributed by atoms with Gasteiger partial charge in [-0.3, -0.25) is 9.89 Å². The third kappa shape index (κ3) is 2.41. The standard InChI is InChI=1S/C11H12N4O2/c1-2-9-13-10(15-14-9)11(17)12-7-5-3-4-6-8(7)16/h3-6,16H,2H2,1H3,(H,12,17)(H,13,14,15). The van der Waals surface area contributed by atoms with Gasteiger partial charge in [-0.2, -0.15) is 0 Å². The van der Waals surface area contributed by atoms with Gasteiger partial charge in [-0.15, -0.1) is 5.10 Å². The fourth-order valence-corrected chi connectivity index (χ4v) is 1.31. The van der Waals surface area contributed by atoms with Crippen LogP contribution >= 0.6 is 0 Å². The predicted octanol–water partition coefficient (Wildman–Crippen LogP) is 1.32. The topological polar surface area (TPSA) is 90.9 Å². The number of carbonyl (C=O) groups excluding carboxylic acids is 1. The summed E-state index contributed by atoms with van der Waals surface area (Å²) in [5.74, 6) is 0.257. The molecular weight excluding hydrogens is 220 g/mol. The Balaban J connectivity index is 2.14. The molecule has 3 N–H and O–H groups in total. The van der Waals surface area contributed by atoms with Crippen molar-refractivity contribution in [1.82, 2.24) is 15.2 Å². The first-order valence-corrected chi connectivity index (χ1v) is 5.21. The molecule has 1 aromatic carbocycles. The Morgan fingerprint density at radius 3 is 2.88 bits per heavy atom. The lowest BCUT2D eigenvalue weighted by Gasteiger charge is -2.03. The lowest BCUT2D eigenvalue weighted by atomic mass is 10.3. The molecule has 0 aliphatic heterocycles. The highest BCUT2D eigenvalue weighted by Gasteiger charge is 2.13. The van der Waals surface area contributed by atoms with E-state index in [9.17, 15) is 9.90 Å². The van der Waals surface area contributed by atoms with E-state index in [1.165, 1.54) is 6.07 Å². The molecule has 6 heteroatoms. The molecule has 0 atom stereocenters. The quantitative estimate of drug-likeness (QED) is 0.696. The zero-order chi connectivity index (χ0) is 12.3. The molecule has 0 spiro atoms. The van der Waals surface area contributed by atoms with Crippen molar-refractivity contribution >= 4 is 11.6 Å². The number of nitrogens with one attached hydrogen (secondary N) is 2. The number of aryl methyl sites for hydroxylation is 1. The van der Waals surface area contributed by atoms with E-state index in [0.717, 1.165) is 0 Å². The Morgan fingerprint density at radius 1 is 1.47 bits per heavy atom. The number of aromatic hydroxyl groups is 1. The van der Waals surface area contributed by atoms with Crippen LogP contribution in [0.5, 0.6) is 5.75 Å². The maximum atomic E-state index is 11.7. The largest absolute Gasteiger partial charge is 0.506 e. The lowest BCUT2D eigenvalue weighted by Crippen LogP contribution is -2.13. The Labute approximate surface area is 97.7 Å². The molecule has 17 heavy (non-hydrogen) atoms. The van der Waals surface area contributed by atoms with E-state index in [4.69, 9.17) is 0 Å². The van der Waals surface area contributed by atoms with Crippen molar-refractivity contribution in [3.8, 4) is 5.75 Å². The van der Waals surface area contributed by atoms with E-state index in [0.29, 0.717) is 17.9 Å². The van der Waals surface area contributed by atoms with Gasteiger partial charge < -0.3 is 10.4 Å². The van der Waals surface area contributed by atoms with Crippen molar-refractivity contribution in [2.75, 3.05) is 5.32 Å². The molecule has 0 aliphatic carbocycles. The fraction of sp³-hybridized carbons (Fsp3) is 0.182. The minimum atomic E-state index is -0.456. The number of nitrogens with zero attached hydrogens (tertiary/aromatic N) is 2. The summed E-state index contributed by atoms with van der Waals surface area (Å²) in [5, 5.41) is 18.5. The van der Waals surface area contributed by atoms with Crippen LogP contribution in [0.4, 0.5) is 5.69 Å². The summed E-state index contributed by atoms with van der Waals surface area (Å²) in [6.07, 6.45) is 0.677. The van der Waals surface area contributed by atoms with Crippen molar-refractivity contribution in [3.05, 3.63) is 35.9 Å². The van der Waals surface area contributed by atoms with Gasteiger partial charge in [0.25, 0.3) is 5.91 Å². The van der Waals surface area contributed by atoms with Gasteiger partial charge in [-0.25, -0.2) is 4.98 Å². The molecule has 0 saturated carbocycles. The number of carbonyl (C=O) groups is 1. The Hall–Kier alpha value is -2.37. The zero-order valence-electron chi connectivity index (χ0n) is 9.27. The van der Waals surface area contributed by atoms with Gasteiger partial charge in [-0.1, -0.05) is 19.1 Å². The summed E-state index contributed by atoms with van der Waals surface area (Å²) in [6.45, 7) is 1.91. The minimum absolute atomic E-state index is 0.00657. The van der Waals surface area contributed by atoms with Gasteiger partial charge >= 0.3 is 0 Å². The second kappa shape index (κ2) is 4.65. The molecule has 2 rings (SSSR count). The van der Waals surface area contributed by atoms with Crippen LogP contribution in [-0.4, -0.2) is 26.2 Å². The number of phenols is 1. The number of phenolic OH excluding ortho intramolecular Hbond substituents is 1. The molecule has 0 aliphatic rings. The zero-order valence-corrected chi connectivity index (χ0v) is 9.27. The summed E-state index contributed by atoms with van der Waals surface area (Å²) in [4.78, 5) is 15.7. The van der Waals surface area contributed by atoms with Crippen molar-refractivity contribution in [2.24, 2.45) is 0 Å². The molecule has 2 aromatic rings. The van der Waals surface area contributed by atoms with Gasteiger partial charge in [0, 0.05) is 6.42 Å². The summed E-state index contributed by atoms with van der Waals surface area (Å²) >= 11 is 0. The first-order chi connectivity index (χ1) is 8.20. The van der Waals surface area contributed by atoms with Crippen LogP contribution in [0.15, 0.2) is 24.3 Å². The molecule has 1 amide bonds. The monoisotopic (exact) mass is 232 g/mol. The second-order valence-corrected chi connectivity index (χ2v) is 3.43. The molecule has 1 aromatic heterocycles. The van der Waals surface area contributed by atoms with Crippen LogP contribution in [0.25, 0.3) is 0 Å². The molecule has 0 bridgehead atoms. The molecule has 0 radical (unpaired) electrons. The average Bonchev–Trinajstić information content (AvgIpc) is 2.81. The number of para-hydroxylation sites is 2. The molecule has 6 nitrogen and oxygen atoms in total. The third-order valence-corrected chi connectivity index (χ3v) is 2.22. The third-order valence-electron chi connectivity index (χ3n) is 2.22. The van der Waals surface area contributed by atoms with Crippen LogP contribution in [0, 0.1) is 0 Å². The minimum Gasteiger partial charge on any atom is -0.506 e. The van der Waals surface area contributed by atoms with E-state index >= 15 is 0 Å². The molecule has 1 heterocycles. The van der Waals surface area contributed by atoms with Gasteiger partial charge in [0.2, 0.25) is 5.82 Å². The maximum absolute atomic E-state index is 11.7. The number of benzene rings is 1. The number of H-pyrrole nitrogens is 1. The number of hydrogen-bond donors (Lipinski definition) is 3. The molecule has 0 saturated heterocycles. The summed E-state index contributed by atoms with van der Waals surface area (Å²) in [6, 6.07) is 6.48. The average molecular weight is 232 g/mol. The van der Waals surface area contributed by atoms with Crippen LogP contribution in [0.2, 0.25) is 0 Å². The van der Waals surface area contributed by atoms with Crippen LogP contribution < -0.4 is 5.32 Å². The van der Waals surface area contributed by atoms with Crippen LogP contribution in [0.3, 0.4) is 0 Å². The number of anilines is 1.